The van der Waals surface area contributed by atoms with E-state index in [4.69, 9.17) is 5.73 Å². The van der Waals surface area contributed by atoms with E-state index in [1.165, 1.54) is 0 Å². The summed E-state index contributed by atoms with van der Waals surface area (Å²) < 4.78 is 11.7. The molecule has 0 aliphatic carbocycles. The van der Waals surface area contributed by atoms with Crippen molar-refractivity contribution in [2.45, 2.75) is 26.2 Å². The van der Waals surface area contributed by atoms with Crippen molar-refractivity contribution in [1.82, 2.24) is 0 Å². The standard InChI is InChI=1S/C7H14FN/c1-2-3-4-7(5-8)6-9/h5H,2-4,6,9H2,1H3/b7-5-. The van der Waals surface area contributed by atoms with Gasteiger partial charge in [0.25, 0.3) is 0 Å². The maximum Gasteiger partial charge on any atom is 0.0871 e. The first-order valence-corrected chi connectivity index (χ1v) is 3.33. The molecule has 0 fully saturated rings. The highest BCUT2D eigenvalue weighted by molar-refractivity contribution is 4.98. The van der Waals surface area contributed by atoms with Crippen molar-refractivity contribution in [3.05, 3.63) is 11.9 Å². The third-order valence-corrected chi connectivity index (χ3v) is 1.27. The average Bonchev–Trinajstić information content (AvgIpc) is 1.91. The highest BCUT2D eigenvalue weighted by Gasteiger charge is 1.91. The summed E-state index contributed by atoms with van der Waals surface area (Å²) in [5, 5.41) is 0. The van der Waals surface area contributed by atoms with Crippen LogP contribution in [-0.4, -0.2) is 6.54 Å². The van der Waals surface area contributed by atoms with Crippen LogP contribution < -0.4 is 5.73 Å². The Labute approximate surface area is 55.7 Å². The molecule has 2 heteroatoms. The quantitative estimate of drug-likeness (QED) is 0.620. The van der Waals surface area contributed by atoms with E-state index in [2.05, 4.69) is 6.92 Å². The highest BCUT2D eigenvalue weighted by atomic mass is 19.1. The number of halogens is 1. The summed E-state index contributed by atoms with van der Waals surface area (Å²) in [4.78, 5) is 0. The molecule has 0 aromatic carbocycles. The molecule has 0 saturated heterocycles. The zero-order valence-corrected chi connectivity index (χ0v) is 5.86. The molecule has 0 bridgehead atoms. The van der Waals surface area contributed by atoms with Crippen LogP contribution in [0.4, 0.5) is 4.39 Å². The van der Waals surface area contributed by atoms with Crippen molar-refractivity contribution in [2.75, 3.05) is 6.54 Å². The fourth-order valence-corrected chi connectivity index (χ4v) is 0.605. The van der Waals surface area contributed by atoms with Crippen molar-refractivity contribution >= 4 is 0 Å². The summed E-state index contributed by atoms with van der Waals surface area (Å²) in [5.41, 5.74) is 5.94. The van der Waals surface area contributed by atoms with Gasteiger partial charge < -0.3 is 5.73 Å². The van der Waals surface area contributed by atoms with Crippen LogP contribution in [0.1, 0.15) is 26.2 Å². The first-order valence-electron chi connectivity index (χ1n) is 3.33. The van der Waals surface area contributed by atoms with Crippen molar-refractivity contribution in [3.63, 3.8) is 0 Å². The van der Waals surface area contributed by atoms with Crippen LogP contribution in [0.15, 0.2) is 11.9 Å². The maximum atomic E-state index is 11.7. The molecule has 0 rings (SSSR count). The van der Waals surface area contributed by atoms with Gasteiger partial charge in [-0.1, -0.05) is 13.3 Å². The van der Waals surface area contributed by atoms with Crippen LogP contribution in [0, 0.1) is 0 Å². The van der Waals surface area contributed by atoms with E-state index in [1.54, 1.807) is 0 Å². The largest absolute Gasteiger partial charge is 0.327 e. The van der Waals surface area contributed by atoms with Gasteiger partial charge in [0.15, 0.2) is 0 Å². The van der Waals surface area contributed by atoms with E-state index in [0.29, 0.717) is 12.9 Å². The fourth-order valence-electron chi connectivity index (χ4n) is 0.605. The van der Waals surface area contributed by atoms with Crippen LogP contribution in [0.3, 0.4) is 0 Å². The van der Waals surface area contributed by atoms with Gasteiger partial charge in [-0.05, 0) is 18.4 Å². The van der Waals surface area contributed by atoms with Gasteiger partial charge in [-0.25, -0.2) is 4.39 Å². The molecule has 0 aromatic rings. The fraction of sp³-hybridized carbons (Fsp3) is 0.714. The molecule has 0 unspecified atom stereocenters. The summed E-state index contributed by atoms with van der Waals surface area (Å²) in [6.45, 7) is 2.43. The van der Waals surface area contributed by atoms with Crippen LogP contribution in [0.5, 0.6) is 0 Å². The Morgan fingerprint density at radius 2 is 2.33 bits per heavy atom. The van der Waals surface area contributed by atoms with E-state index in [9.17, 15) is 4.39 Å². The van der Waals surface area contributed by atoms with Crippen LogP contribution >= 0.6 is 0 Å². The minimum Gasteiger partial charge on any atom is -0.327 e. The van der Waals surface area contributed by atoms with Crippen LogP contribution in [0.2, 0.25) is 0 Å². The molecule has 0 aliphatic rings. The predicted molar refractivity (Wildman–Crippen MR) is 37.8 cm³/mol. The van der Waals surface area contributed by atoms with E-state index < -0.39 is 0 Å². The number of hydrogen-bond donors (Lipinski definition) is 1. The second-order valence-corrected chi connectivity index (χ2v) is 2.08. The molecule has 0 heterocycles. The number of nitrogens with two attached hydrogens (primary N) is 1. The lowest BCUT2D eigenvalue weighted by Gasteiger charge is -1.97. The Hall–Kier alpha value is -0.370. The average molecular weight is 131 g/mol. The van der Waals surface area contributed by atoms with Gasteiger partial charge in [-0.15, -0.1) is 0 Å². The van der Waals surface area contributed by atoms with Gasteiger partial charge in [0.05, 0.1) is 6.33 Å². The maximum absolute atomic E-state index is 11.7. The summed E-state index contributed by atoms with van der Waals surface area (Å²) in [6, 6.07) is 0. The van der Waals surface area contributed by atoms with Gasteiger partial charge in [-0.3, -0.25) is 0 Å². The third-order valence-electron chi connectivity index (χ3n) is 1.27. The second-order valence-electron chi connectivity index (χ2n) is 2.08. The molecule has 0 atom stereocenters. The van der Waals surface area contributed by atoms with Crippen molar-refractivity contribution in [3.8, 4) is 0 Å². The van der Waals surface area contributed by atoms with Crippen LogP contribution in [-0.2, 0) is 0 Å². The predicted octanol–water partition coefficient (Wildman–Crippen LogP) is 1.99. The molecule has 54 valence electrons. The minimum absolute atomic E-state index is 0.358. The van der Waals surface area contributed by atoms with Gasteiger partial charge in [0, 0.05) is 6.54 Å². The molecule has 0 amide bonds. The number of unbranched alkanes of at least 4 members (excludes halogenated alkanes) is 1. The van der Waals surface area contributed by atoms with E-state index in [0.717, 1.165) is 24.8 Å². The number of rotatable bonds is 4. The van der Waals surface area contributed by atoms with Crippen molar-refractivity contribution in [2.24, 2.45) is 5.73 Å². The summed E-state index contributed by atoms with van der Waals surface area (Å²) in [6.07, 6.45) is 3.56. The van der Waals surface area contributed by atoms with Gasteiger partial charge in [0.2, 0.25) is 0 Å². The molecule has 0 aliphatic heterocycles. The molecule has 9 heavy (non-hydrogen) atoms. The molecule has 0 aromatic heterocycles. The zero-order valence-electron chi connectivity index (χ0n) is 5.86. The van der Waals surface area contributed by atoms with Crippen LogP contribution in [0.25, 0.3) is 0 Å². The van der Waals surface area contributed by atoms with Gasteiger partial charge in [-0.2, -0.15) is 0 Å². The smallest absolute Gasteiger partial charge is 0.0871 e. The SMILES string of the molecule is CCCC/C(=C/F)CN. The molecular weight excluding hydrogens is 117 g/mol. The topological polar surface area (TPSA) is 26.0 Å². The highest BCUT2D eigenvalue weighted by Crippen LogP contribution is 2.04. The molecular formula is C7H14FN. The molecule has 0 radical (unpaired) electrons. The minimum atomic E-state index is 0.358. The molecule has 0 saturated carbocycles. The van der Waals surface area contributed by atoms with Gasteiger partial charge >= 0.3 is 0 Å². The first-order chi connectivity index (χ1) is 4.35. The summed E-state index contributed by atoms with van der Waals surface area (Å²) >= 11 is 0. The lowest BCUT2D eigenvalue weighted by atomic mass is 10.1. The normalized spacial score (nSPS) is 12.1. The lowest BCUT2D eigenvalue weighted by Crippen LogP contribution is -2.02. The Balaban J connectivity index is 3.33. The van der Waals surface area contributed by atoms with E-state index in [-0.39, 0.29) is 0 Å². The lowest BCUT2D eigenvalue weighted by molar-refractivity contribution is 0.679. The Kier molecular flexibility index (Phi) is 5.52. The number of hydrogen-bond acceptors (Lipinski definition) is 1. The molecule has 2 N–H and O–H groups in total. The third kappa shape index (κ3) is 4.15. The Bertz CT molecular complexity index is 88.9. The summed E-state index contributed by atoms with van der Waals surface area (Å²) in [7, 11) is 0. The van der Waals surface area contributed by atoms with E-state index in [1.807, 2.05) is 0 Å². The van der Waals surface area contributed by atoms with Crippen molar-refractivity contribution in [1.29, 1.82) is 0 Å². The first kappa shape index (κ1) is 8.63. The monoisotopic (exact) mass is 131 g/mol. The van der Waals surface area contributed by atoms with E-state index >= 15 is 0 Å². The zero-order chi connectivity index (χ0) is 7.11. The Morgan fingerprint density at radius 3 is 2.67 bits per heavy atom. The Morgan fingerprint density at radius 1 is 1.67 bits per heavy atom. The summed E-state index contributed by atoms with van der Waals surface area (Å²) in [5.74, 6) is 0. The molecule has 1 nitrogen and oxygen atoms in total. The second kappa shape index (κ2) is 5.76. The molecule has 0 spiro atoms. The van der Waals surface area contributed by atoms with Crippen molar-refractivity contribution < 1.29 is 4.39 Å². The van der Waals surface area contributed by atoms with Gasteiger partial charge in [0.1, 0.15) is 0 Å².